The normalized spacial score (nSPS) is 10.0. The number of carbonyl (C=O) groups excluding carboxylic acids is 1. The van der Waals surface area contributed by atoms with Gasteiger partial charge in [0.1, 0.15) is 0 Å². The molecule has 5 nitrogen and oxygen atoms in total. The maximum absolute atomic E-state index is 11.5. The van der Waals surface area contributed by atoms with Gasteiger partial charge in [0.05, 0.1) is 5.02 Å². The van der Waals surface area contributed by atoms with Gasteiger partial charge in [-0.25, -0.2) is 4.79 Å². The van der Waals surface area contributed by atoms with E-state index in [0.29, 0.717) is 34.6 Å². The number of carbonyl (C=O) groups is 2. The van der Waals surface area contributed by atoms with Crippen LogP contribution in [0.5, 0.6) is 0 Å². The lowest BCUT2D eigenvalue weighted by atomic mass is 10.2. The van der Waals surface area contributed by atoms with Gasteiger partial charge in [-0.15, -0.1) is 0 Å². The Kier molecular flexibility index (Phi) is 6.66. The number of carboxylic acid groups (broad SMARTS) is 1. The molecule has 1 rings (SSSR count). The van der Waals surface area contributed by atoms with E-state index in [9.17, 15) is 9.59 Å². The average molecular weight is 350 g/mol. The molecular weight excluding hydrogens is 336 g/mol. The number of hydrogen-bond donors (Lipinski definition) is 3. The fourth-order valence-electron chi connectivity index (χ4n) is 1.35. The minimum absolute atomic E-state index is 0.118. The van der Waals surface area contributed by atoms with Crippen molar-refractivity contribution in [1.29, 1.82) is 0 Å². The summed E-state index contributed by atoms with van der Waals surface area (Å²) in [6.07, 6.45) is 1.29. The molecule has 0 spiro atoms. The Morgan fingerprint density at radius 2 is 2.05 bits per heavy atom. The number of urea groups is 1. The number of anilines is 1. The van der Waals surface area contributed by atoms with Gasteiger partial charge >= 0.3 is 12.0 Å². The van der Waals surface area contributed by atoms with Crippen LogP contribution in [-0.4, -0.2) is 23.7 Å². The second-order valence-corrected chi connectivity index (χ2v) is 5.12. The number of carboxylic acids is 1. The van der Waals surface area contributed by atoms with Crippen LogP contribution in [0.4, 0.5) is 10.5 Å². The number of unbranched alkanes of at least 4 members (excludes halogenated alkanes) is 1. The molecule has 2 amide bonds. The van der Waals surface area contributed by atoms with Crippen molar-refractivity contribution >= 4 is 45.2 Å². The van der Waals surface area contributed by atoms with Crippen LogP contribution < -0.4 is 10.6 Å². The summed E-state index contributed by atoms with van der Waals surface area (Å²) >= 11 is 9.10. The second-order valence-electron chi connectivity index (χ2n) is 3.86. The molecule has 19 heavy (non-hydrogen) atoms. The van der Waals surface area contributed by atoms with Crippen molar-refractivity contribution in [2.75, 3.05) is 11.9 Å². The van der Waals surface area contributed by atoms with Gasteiger partial charge in [0, 0.05) is 23.1 Å². The maximum atomic E-state index is 11.5. The van der Waals surface area contributed by atoms with Crippen molar-refractivity contribution < 1.29 is 14.7 Å². The first kappa shape index (κ1) is 15.8. The van der Waals surface area contributed by atoms with Crippen LogP contribution in [0.25, 0.3) is 0 Å². The van der Waals surface area contributed by atoms with Crippen molar-refractivity contribution in [1.82, 2.24) is 5.32 Å². The van der Waals surface area contributed by atoms with E-state index in [-0.39, 0.29) is 12.5 Å². The summed E-state index contributed by atoms with van der Waals surface area (Å²) in [5, 5.41) is 14.3. The molecule has 0 radical (unpaired) electrons. The zero-order chi connectivity index (χ0) is 14.3. The van der Waals surface area contributed by atoms with Crippen molar-refractivity contribution in [3.05, 3.63) is 27.7 Å². The number of amides is 2. The predicted molar refractivity (Wildman–Crippen MR) is 77.7 cm³/mol. The standard InChI is InChI=1S/C12H14BrClN2O3/c13-9-7-8(4-5-10(9)14)16-12(19)15-6-2-1-3-11(17)18/h4-5,7H,1-3,6H2,(H,17,18)(H2,15,16,19). The highest BCUT2D eigenvalue weighted by atomic mass is 79.9. The lowest BCUT2D eigenvalue weighted by molar-refractivity contribution is -0.137. The molecule has 0 atom stereocenters. The van der Waals surface area contributed by atoms with E-state index in [2.05, 4.69) is 26.6 Å². The van der Waals surface area contributed by atoms with Gasteiger partial charge in [0.25, 0.3) is 0 Å². The third kappa shape index (κ3) is 6.45. The summed E-state index contributed by atoms with van der Waals surface area (Å²) in [5.41, 5.74) is 0.624. The first-order chi connectivity index (χ1) is 8.99. The fraction of sp³-hybridized carbons (Fsp3) is 0.333. The quantitative estimate of drug-likeness (QED) is 0.688. The van der Waals surface area contributed by atoms with Gasteiger partial charge in [0.15, 0.2) is 0 Å². The van der Waals surface area contributed by atoms with E-state index in [1.807, 2.05) is 0 Å². The summed E-state index contributed by atoms with van der Waals surface area (Å²) in [4.78, 5) is 21.8. The highest BCUT2D eigenvalue weighted by Gasteiger charge is 2.03. The Balaban J connectivity index is 2.27. The van der Waals surface area contributed by atoms with Gasteiger partial charge in [0.2, 0.25) is 0 Å². The molecule has 1 aromatic carbocycles. The molecule has 7 heteroatoms. The number of nitrogens with one attached hydrogen (secondary N) is 2. The molecule has 0 saturated carbocycles. The van der Waals surface area contributed by atoms with Crippen molar-refractivity contribution in [2.24, 2.45) is 0 Å². The number of hydrogen-bond acceptors (Lipinski definition) is 2. The van der Waals surface area contributed by atoms with Gasteiger partial charge in [-0.2, -0.15) is 0 Å². The van der Waals surface area contributed by atoms with Crippen molar-refractivity contribution in [3.63, 3.8) is 0 Å². The maximum Gasteiger partial charge on any atom is 0.319 e. The summed E-state index contributed by atoms with van der Waals surface area (Å²) < 4.78 is 0.702. The van der Waals surface area contributed by atoms with E-state index in [1.165, 1.54) is 0 Å². The molecule has 0 aromatic heterocycles. The minimum Gasteiger partial charge on any atom is -0.481 e. The lowest BCUT2D eigenvalue weighted by Crippen LogP contribution is -2.29. The van der Waals surface area contributed by atoms with E-state index >= 15 is 0 Å². The van der Waals surface area contributed by atoms with E-state index in [0.717, 1.165) is 0 Å². The average Bonchev–Trinajstić information content (AvgIpc) is 2.33. The van der Waals surface area contributed by atoms with Crippen LogP contribution in [0.15, 0.2) is 22.7 Å². The van der Waals surface area contributed by atoms with Crippen LogP contribution in [0.3, 0.4) is 0 Å². The number of halogens is 2. The molecule has 1 aromatic rings. The van der Waals surface area contributed by atoms with Crippen LogP contribution >= 0.6 is 27.5 Å². The van der Waals surface area contributed by atoms with Crippen LogP contribution in [0, 0.1) is 0 Å². The molecule has 3 N–H and O–H groups in total. The molecule has 0 unspecified atom stereocenters. The molecule has 104 valence electrons. The van der Waals surface area contributed by atoms with E-state index in [1.54, 1.807) is 18.2 Å². The molecule has 0 aliphatic rings. The molecule has 0 heterocycles. The summed E-state index contributed by atoms with van der Waals surface area (Å²) in [6.45, 7) is 0.438. The Labute approximate surface area is 124 Å². The highest BCUT2D eigenvalue weighted by molar-refractivity contribution is 9.10. The van der Waals surface area contributed by atoms with Crippen LogP contribution in [-0.2, 0) is 4.79 Å². The van der Waals surface area contributed by atoms with Gasteiger partial charge in [-0.1, -0.05) is 11.6 Å². The largest absolute Gasteiger partial charge is 0.481 e. The summed E-state index contributed by atoms with van der Waals surface area (Å²) in [7, 11) is 0. The number of rotatable bonds is 6. The molecular formula is C12H14BrClN2O3. The third-order valence-corrected chi connectivity index (χ3v) is 3.49. The topological polar surface area (TPSA) is 78.4 Å². The van der Waals surface area contributed by atoms with E-state index in [4.69, 9.17) is 16.7 Å². The molecule has 0 aliphatic carbocycles. The number of aliphatic carboxylic acids is 1. The zero-order valence-corrected chi connectivity index (χ0v) is 12.4. The minimum atomic E-state index is -0.824. The van der Waals surface area contributed by atoms with Gasteiger partial charge in [-0.3, -0.25) is 4.79 Å². The molecule has 0 bridgehead atoms. The monoisotopic (exact) mass is 348 g/mol. The summed E-state index contributed by atoms with van der Waals surface area (Å²) in [6, 6.07) is 4.74. The van der Waals surface area contributed by atoms with Crippen LogP contribution in [0.1, 0.15) is 19.3 Å². The molecule has 0 saturated heterocycles. The number of benzene rings is 1. The Hall–Kier alpha value is -1.27. The van der Waals surface area contributed by atoms with E-state index < -0.39 is 5.97 Å². The van der Waals surface area contributed by atoms with Crippen molar-refractivity contribution in [2.45, 2.75) is 19.3 Å². The Morgan fingerprint density at radius 1 is 1.32 bits per heavy atom. The molecule has 0 fully saturated rings. The van der Waals surface area contributed by atoms with Crippen LogP contribution in [0.2, 0.25) is 5.02 Å². The van der Waals surface area contributed by atoms with Gasteiger partial charge in [-0.05, 0) is 47.0 Å². The van der Waals surface area contributed by atoms with Gasteiger partial charge < -0.3 is 15.7 Å². The highest BCUT2D eigenvalue weighted by Crippen LogP contribution is 2.25. The second kappa shape index (κ2) is 8.01. The first-order valence-electron chi connectivity index (χ1n) is 5.70. The Morgan fingerprint density at radius 3 is 2.68 bits per heavy atom. The molecule has 0 aliphatic heterocycles. The van der Waals surface area contributed by atoms with Crippen molar-refractivity contribution in [3.8, 4) is 0 Å². The fourth-order valence-corrected chi connectivity index (χ4v) is 1.85. The smallest absolute Gasteiger partial charge is 0.319 e. The third-order valence-electron chi connectivity index (χ3n) is 2.28. The first-order valence-corrected chi connectivity index (χ1v) is 6.88. The summed E-state index contributed by atoms with van der Waals surface area (Å²) in [5.74, 6) is -0.824. The zero-order valence-electron chi connectivity index (χ0n) is 10.1. The lowest BCUT2D eigenvalue weighted by Gasteiger charge is -2.08. The Bertz CT molecular complexity index is 468. The predicted octanol–water partition coefficient (Wildman–Crippen LogP) is 3.48. The SMILES string of the molecule is O=C(O)CCCCNC(=O)Nc1ccc(Cl)c(Br)c1.